The van der Waals surface area contributed by atoms with Crippen molar-refractivity contribution in [3.05, 3.63) is 188 Å². The Morgan fingerprint density at radius 2 is 0.707 bits per heavy atom. The van der Waals surface area contributed by atoms with Gasteiger partial charge in [0.25, 0.3) is 0 Å². The van der Waals surface area contributed by atoms with Gasteiger partial charge in [-0.3, -0.25) is 0 Å². The molecule has 0 unspecified atom stereocenters. The van der Waals surface area contributed by atoms with Crippen molar-refractivity contribution in [1.82, 2.24) is 4.57 Å². The van der Waals surface area contributed by atoms with E-state index in [2.05, 4.69) is 156 Å². The van der Waals surface area contributed by atoms with E-state index in [1.54, 1.807) is 0 Å². The van der Waals surface area contributed by atoms with Crippen molar-refractivity contribution < 1.29 is 13.3 Å². The van der Waals surface area contributed by atoms with Gasteiger partial charge >= 0.3 is 0 Å². The van der Waals surface area contributed by atoms with Gasteiger partial charge in [0, 0.05) is 48.8 Å². The molecule has 4 aromatic heterocycles. The fourth-order valence-corrected chi connectivity index (χ4v) is 9.36. The average Bonchev–Trinajstić information content (AvgIpc) is 4.04. The molecular weight excluding hydrogens is 711 g/mol. The molecule has 0 N–H and O–H groups in total. The number of aromatic nitrogens is 1. The maximum absolute atomic E-state index is 6.41. The number of furan rings is 3. The molecule has 13 aromatic rings. The van der Waals surface area contributed by atoms with Gasteiger partial charge in [0.2, 0.25) is 0 Å². The topological polar surface area (TPSA) is 44.4 Å². The quantitative estimate of drug-likeness (QED) is 0.180. The van der Waals surface area contributed by atoms with E-state index >= 15 is 0 Å². The largest absolute Gasteiger partial charge is 0.456 e. The molecule has 0 fully saturated rings. The summed E-state index contributed by atoms with van der Waals surface area (Å²) in [5, 5.41) is 9.13. The van der Waals surface area contributed by atoms with Crippen molar-refractivity contribution in [2.24, 2.45) is 0 Å². The smallest absolute Gasteiger partial charge is 0.136 e. The van der Waals surface area contributed by atoms with Crippen LogP contribution in [0, 0.1) is 0 Å². The Labute approximate surface area is 331 Å². The standard InChI is InChI=1S/C54H31NO3/c1-4-16-47-39(9-1)42-26-21-34(30-51(42)57-47)37-12-7-14-45-53(37)54-38(35-22-27-43-40-10-2-5-17-48(40)58-52(43)31-35)13-8-15-46(54)55(45)36-24-19-32(20-25-36)33-23-28-50-44(29-33)41-11-3-6-18-49(41)56-50/h1-31H. The van der Waals surface area contributed by atoms with Crippen LogP contribution in [0.4, 0.5) is 0 Å². The number of benzene rings is 9. The van der Waals surface area contributed by atoms with Gasteiger partial charge in [-0.05, 0) is 112 Å². The average molecular weight is 742 g/mol. The molecule has 13 rings (SSSR count). The van der Waals surface area contributed by atoms with Crippen LogP contribution in [0.2, 0.25) is 0 Å². The molecule has 9 aromatic carbocycles. The maximum atomic E-state index is 6.41. The summed E-state index contributed by atoms with van der Waals surface area (Å²) >= 11 is 0. The zero-order valence-corrected chi connectivity index (χ0v) is 31.1. The second-order valence-electron chi connectivity index (χ2n) is 15.2. The zero-order chi connectivity index (χ0) is 37.9. The Morgan fingerprint density at radius 1 is 0.276 bits per heavy atom. The summed E-state index contributed by atoms with van der Waals surface area (Å²) in [5.74, 6) is 0. The monoisotopic (exact) mass is 741 g/mol. The lowest BCUT2D eigenvalue weighted by Crippen LogP contribution is -1.94. The minimum absolute atomic E-state index is 0.882. The van der Waals surface area contributed by atoms with E-state index in [0.29, 0.717) is 0 Å². The normalized spacial score (nSPS) is 12.1. The van der Waals surface area contributed by atoms with Crippen LogP contribution in [0.15, 0.2) is 201 Å². The van der Waals surface area contributed by atoms with E-state index in [9.17, 15) is 0 Å². The fraction of sp³-hybridized carbons (Fsp3) is 0. The van der Waals surface area contributed by atoms with Crippen molar-refractivity contribution in [3.63, 3.8) is 0 Å². The molecule has 0 amide bonds. The molecule has 4 heteroatoms. The third-order valence-corrected chi connectivity index (χ3v) is 12.0. The molecule has 0 bridgehead atoms. The zero-order valence-electron chi connectivity index (χ0n) is 31.1. The molecule has 0 spiro atoms. The summed E-state index contributed by atoms with van der Waals surface area (Å²) in [6.45, 7) is 0. The van der Waals surface area contributed by atoms with Crippen LogP contribution in [0.1, 0.15) is 0 Å². The first-order valence-electron chi connectivity index (χ1n) is 19.7. The third kappa shape index (κ3) is 4.51. The van der Waals surface area contributed by atoms with E-state index in [-0.39, 0.29) is 0 Å². The minimum atomic E-state index is 0.882. The number of hydrogen-bond acceptors (Lipinski definition) is 3. The van der Waals surface area contributed by atoms with E-state index < -0.39 is 0 Å². The van der Waals surface area contributed by atoms with Gasteiger partial charge in [-0.1, -0.05) is 109 Å². The minimum Gasteiger partial charge on any atom is -0.456 e. The van der Waals surface area contributed by atoms with Crippen LogP contribution < -0.4 is 0 Å². The summed E-state index contributed by atoms with van der Waals surface area (Å²) in [7, 11) is 0. The first-order chi connectivity index (χ1) is 28.7. The Bertz CT molecular complexity index is 3630. The molecule has 4 nitrogen and oxygen atoms in total. The number of hydrogen-bond donors (Lipinski definition) is 0. The Balaban J connectivity index is 1.03. The molecule has 0 saturated carbocycles. The number of nitrogens with zero attached hydrogens (tertiary/aromatic N) is 1. The van der Waals surface area contributed by atoms with Crippen molar-refractivity contribution >= 4 is 87.6 Å². The summed E-state index contributed by atoms with van der Waals surface area (Å²) < 4.78 is 21.4. The van der Waals surface area contributed by atoms with Gasteiger partial charge in [0.1, 0.15) is 33.5 Å². The van der Waals surface area contributed by atoms with Gasteiger partial charge < -0.3 is 17.8 Å². The van der Waals surface area contributed by atoms with Crippen molar-refractivity contribution in [2.75, 3.05) is 0 Å². The number of fused-ring (bicyclic) bond motifs is 12. The van der Waals surface area contributed by atoms with Crippen LogP contribution >= 0.6 is 0 Å². The summed E-state index contributed by atoms with van der Waals surface area (Å²) in [5.41, 5.74) is 15.5. The highest BCUT2D eigenvalue weighted by Gasteiger charge is 2.21. The Morgan fingerprint density at radius 3 is 1.26 bits per heavy atom. The van der Waals surface area contributed by atoms with Gasteiger partial charge in [0.05, 0.1) is 11.0 Å². The van der Waals surface area contributed by atoms with E-state index in [4.69, 9.17) is 13.3 Å². The lowest BCUT2D eigenvalue weighted by molar-refractivity contribution is 0.668. The van der Waals surface area contributed by atoms with Crippen LogP contribution in [-0.2, 0) is 0 Å². The molecule has 270 valence electrons. The van der Waals surface area contributed by atoms with Crippen molar-refractivity contribution in [1.29, 1.82) is 0 Å². The van der Waals surface area contributed by atoms with Crippen LogP contribution in [-0.4, -0.2) is 4.57 Å². The molecule has 4 heterocycles. The summed E-state index contributed by atoms with van der Waals surface area (Å²) in [6, 6.07) is 66.8. The van der Waals surface area contributed by atoms with Crippen LogP contribution in [0.5, 0.6) is 0 Å². The number of para-hydroxylation sites is 3. The molecule has 0 atom stereocenters. The lowest BCUT2D eigenvalue weighted by atomic mass is 9.94. The Hall–Kier alpha value is -7.82. The highest BCUT2D eigenvalue weighted by atomic mass is 16.3. The predicted molar refractivity (Wildman–Crippen MR) is 239 cm³/mol. The molecule has 0 radical (unpaired) electrons. The molecule has 0 aliphatic heterocycles. The molecular formula is C54H31NO3. The second kappa shape index (κ2) is 11.8. The molecule has 0 saturated heterocycles. The van der Waals surface area contributed by atoms with Gasteiger partial charge in [-0.2, -0.15) is 0 Å². The van der Waals surface area contributed by atoms with Gasteiger partial charge in [-0.25, -0.2) is 0 Å². The van der Waals surface area contributed by atoms with Crippen molar-refractivity contribution in [3.8, 4) is 39.1 Å². The SMILES string of the molecule is c1ccc2c(c1)oc1cc(-c3cccc4c3c3c(-c5ccc6c(c5)oc5ccccc56)cccc3n4-c3ccc(-c4ccc5oc6ccccc6c5c4)cc3)ccc12. The number of rotatable bonds is 4. The molecule has 58 heavy (non-hydrogen) atoms. The highest BCUT2D eigenvalue weighted by Crippen LogP contribution is 2.45. The van der Waals surface area contributed by atoms with Gasteiger partial charge in [0.15, 0.2) is 0 Å². The summed E-state index contributed by atoms with van der Waals surface area (Å²) in [4.78, 5) is 0. The first kappa shape index (κ1) is 31.4. The van der Waals surface area contributed by atoms with Crippen LogP contribution in [0.25, 0.3) is 127 Å². The molecule has 0 aliphatic carbocycles. The van der Waals surface area contributed by atoms with Crippen LogP contribution in [0.3, 0.4) is 0 Å². The highest BCUT2D eigenvalue weighted by molar-refractivity contribution is 6.21. The van der Waals surface area contributed by atoms with Crippen molar-refractivity contribution in [2.45, 2.75) is 0 Å². The van der Waals surface area contributed by atoms with E-state index in [0.717, 1.165) is 116 Å². The van der Waals surface area contributed by atoms with Gasteiger partial charge in [-0.15, -0.1) is 0 Å². The summed E-state index contributed by atoms with van der Waals surface area (Å²) in [6.07, 6.45) is 0. The maximum Gasteiger partial charge on any atom is 0.136 e. The first-order valence-corrected chi connectivity index (χ1v) is 19.7. The third-order valence-electron chi connectivity index (χ3n) is 12.0. The van der Waals surface area contributed by atoms with E-state index in [1.807, 2.05) is 36.4 Å². The predicted octanol–water partition coefficient (Wildman–Crippen LogP) is 15.5. The molecule has 0 aliphatic rings. The lowest BCUT2D eigenvalue weighted by Gasteiger charge is -2.10. The second-order valence-corrected chi connectivity index (χ2v) is 15.2. The van der Waals surface area contributed by atoms with E-state index in [1.165, 1.54) is 10.8 Å². The fourth-order valence-electron chi connectivity index (χ4n) is 9.36. The Kier molecular flexibility index (Phi) is 6.41.